The summed E-state index contributed by atoms with van der Waals surface area (Å²) in [5.74, 6) is 1.47. The van der Waals surface area contributed by atoms with Crippen molar-refractivity contribution in [3.8, 4) is 5.75 Å². The van der Waals surface area contributed by atoms with Gasteiger partial charge in [0.25, 0.3) is 0 Å². The van der Waals surface area contributed by atoms with Crippen molar-refractivity contribution in [2.24, 2.45) is 4.99 Å². The Morgan fingerprint density at radius 3 is 2.78 bits per heavy atom. The highest BCUT2D eigenvalue weighted by atomic mass is 16.5. The van der Waals surface area contributed by atoms with Gasteiger partial charge in [0.2, 0.25) is 0 Å². The van der Waals surface area contributed by atoms with Crippen molar-refractivity contribution in [1.29, 1.82) is 0 Å². The normalized spacial score (nSPS) is 17.6. The number of ketones is 2. The average Bonchev–Trinajstić information content (AvgIpc) is 2.61. The summed E-state index contributed by atoms with van der Waals surface area (Å²) in [6.07, 6.45) is 2.38. The maximum Gasteiger partial charge on any atom is 0.164 e. The van der Waals surface area contributed by atoms with Crippen molar-refractivity contribution in [2.75, 3.05) is 26.3 Å². The Kier molecular flexibility index (Phi) is 6.40. The largest absolute Gasteiger partial charge is 0.491 e. The fraction of sp³-hybridized carbons (Fsp3) is 0.476. The summed E-state index contributed by atoms with van der Waals surface area (Å²) >= 11 is 0. The molecule has 0 radical (unpaired) electrons. The molecule has 1 saturated heterocycles. The van der Waals surface area contributed by atoms with Gasteiger partial charge in [0, 0.05) is 44.1 Å². The number of hydrogen-bond acceptors (Lipinski definition) is 6. The van der Waals surface area contributed by atoms with E-state index < -0.39 is 0 Å². The molecular weight excluding hydrogens is 344 g/mol. The number of rotatable bonds is 7. The van der Waals surface area contributed by atoms with Gasteiger partial charge in [-0.05, 0) is 31.5 Å². The first-order valence-corrected chi connectivity index (χ1v) is 9.40. The lowest BCUT2D eigenvalue weighted by molar-refractivity contribution is -0.117. The second kappa shape index (κ2) is 8.95. The molecule has 0 N–H and O–H groups in total. The van der Waals surface area contributed by atoms with Crippen LogP contribution in [-0.2, 0) is 20.7 Å². The van der Waals surface area contributed by atoms with Crippen molar-refractivity contribution >= 4 is 17.3 Å². The minimum Gasteiger partial charge on any atom is -0.491 e. The minimum absolute atomic E-state index is 0.00150. The number of morpholine rings is 1. The van der Waals surface area contributed by atoms with Crippen LogP contribution in [0.25, 0.3) is 0 Å². The molecule has 2 aliphatic heterocycles. The number of nitrogens with zero attached hydrogens (tertiary/aromatic N) is 2. The zero-order valence-electron chi connectivity index (χ0n) is 15.9. The standard InChI is InChI=1S/C21H26N2O4/c1-15(2)27-20-5-3-4-16(11-20)10-18(24)12-17-13-19(25)14-21(22-17)23-6-8-26-9-7-23/h3-5,11,14-15H,6-10,12-13H2,1-2H3. The SMILES string of the molecule is CC(C)Oc1cccc(CC(=O)CC2=NC(N3CCOCC3)=CC(=O)C2)c1. The van der Waals surface area contributed by atoms with E-state index in [1.165, 1.54) is 0 Å². The molecule has 0 amide bonds. The van der Waals surface area contributed by atoms with Gasteiger partial charge in [0.1, 0.15) is 17.4 Å². The van der Waals surface area contributed by atoms with E-state index in [-0.39, 0.29) is 30.5 Å². The minimum atomic E-state index is 0.00150. The third-order valence-corrected chi connectivity index (χ3v) is 4.35. The first-order valence-electron chi connectivity index (χ1n) is 9.40. The van der Waals surface area contributed by atoms with Crippen LogP contribution in [0, 0.1) is 0 Å². The Balaban J connectivity index is 1.62. The van der Waals surface area contributed by atoms with Gasteiger partial charge in [0.05, 0.1) is 19.3 Å². The number of benzene rings is 1. The molecule has 0 unspecified atom stereocenters. The fourth-order valence-corrected chi connectivity index (χ4v) is 3.21. The first-order chi connectivity index (χ1) is 13.0. The summed E-state index contributed by atoms with van der Waals surface area (Å²) in [7, 11) is 0. The topological polar surface area (TPSA) is 68.2 Å². The van der Waals surface area contributed by atoms with Crippen molar-refractivity contribution in [1.82, 2.24) is 4.90 Å². The van der Waals surface area contributed by atoms with E-state index in [1.807, 2.05) is 43.0 Å². The predicted molar refractivity (Wildman–Crippen MR) is 103 cm³/mol. The highest BCUT2D eigenvalue weighted by Gasteiger charge is 2.21. The molecule has 6 heteroatoms. The van der Waals surface area contributed by atoms with E-state index in [2.05, 4.69) is 4.99 Å². The number of aliphatic imine (C=N–C) groups is 1. The molecule has 0 saturated carbocycles. The summed E-state index contributed by atoms with van der Waals surface area (Å²) in [6.45, 7) is 6.62. The Morgan fingerprint density at radius 2 is 2.04 bits per heavy atom. The smallest absolute Gasteiger partial charge is 0.164 e. The summed E-state index contributed by atoms with van der Waals surface area (Å²) in [6, 6.07) is 7.58. The van der Waals surface area contributed by atoms with Crippen LogP contribution in [0.4, 0.5) is 0 Å². The molecule has 2 aliphatic rings. The highest BCUT2D eigenvalue weighted by Crippen LogP contribution is 2.19. The van der Waals surface area contributed by atoms with Gasteiger partial charge < -0.3 is 14.4 Å². The zero-order chi connectivity index (χ0) is 19.2. The van der Waals surface area contributed by atoms with Gasteiger partial charge in [-0.1, -0.05) is 12.1 Å². The summed E-state index contributed by atoms with van der Waals surface area (Å²) in [4.78, 5) is 31.2. The van der Waals surface area contributed by atoms with E-state index in [9.17, 15) is 9.59 Å². The number of ether oxygens (including phenoxy) is 2. The molecule has 0 atom stereocenters. The maximum absolute atomic E-state index is 12.5. The molecule has 3 rings (SSSR count). The molecular formula is C21H26N2O4. The zero-order valence-corrected chi connectivity index (χ0v) is 15.9. The van der Waals surface area contributed by atoms with Crippen LogP contribution in [0.1, 0.15) is 32.3 Å². The van der Waals surface area contributed by atoms with E-state index in [1.54, 1.807) is 6.08 Å². The molecule has 144 valence electrons. The van der Waals surface area contributed by atoms with Crippen molar-refractivity contribution < 1.29 is 19.1 Å². The van der Waals surface area contributed by atoms with E-state index >= 15 is 0 Å². The summed E-state index contributed by atoms with van der Waals surface area (Å²) < 4.78 is 11.0. The van der Waals surface area contributed by atoms with Gasteiger partial charge >= 0.3 is 0 Å². The predicted octanol–water partition coefficient (Wildman–Crippen LogP) is 2.56. The van der Waals surface area contributed by atoms with Gasteiger partial charge in [-0.25, -0.2) is 4.99 Å². The first kappa shape index (κ1) is 19.3. The van der Waals surface area contributed by atoms with Gasteiger partial charge in [-0.15, -0.1) is 0 Å². The molecule has 1 aromatic rings. The van der Waals surface area contributed by atoms with Crippen molar-refractivity contribution in [3.63, 3.8) is 0 Å². The van der Waals surface area contributed by atoms with Crippen LogP contribution >= 0.6 is 0 Å². The molecule has 0 aromatic heterocycles. The molecule has 2 heterocycles. The maximum atomic E-state index is 12.5. The number of allylic oxidation sites excluding steroid dienone is 1. The van der Waals surface area contributed by atoms with Crippen molar-refractivity contribution in [3.05, 3.63) is 41.7 Å². The lowest BCUT2D eigenvalue weighted by atomic mass is 10.0. The highest BCUT2D eigenvalue weighted by molar-refractivity contribution is 6.14. The second-order valence-electron chi connectivity index (χ2n) is 7.13. The van der Waals surface area contributed by atoms with Crippen LogP contribution in [0.2, 0.25) is 0 Å². The Hall–Kier alpha value is -2.47. The van der Waals surface area contributed by atoms with Crippen LogP contribution in [-0.4, -0.2) is 54.6 Å². The lowest BCUT2D eigenvalue weighted by Gasteiger charge is -2.30. The van der Waals surface area contributed by atoms with E-state index in [0.717, 1.165) is 11.3 Å². The van der Waals surface area contributed by atoms with Crippen LogP contribution in [0.3, 0.4) is 0 Å². The summed E-state index contributed by atoms with van der Waals surface area (Å²) in [5, 5.41) is 0. The number of carbonyl (C=O) groups is 2. The van der Waals surface area contributed by atoms with Gasteiger partial charge in [-0.3, -0.25) is 9.59 Å². The average molecular weight is 370 g/mol. The molecule has 0 bridgehead atoms. The molecule has 1 fully saturated rings. The van der Waals surface area contributed by atoms with E-state index in [0.29, 0.717) is 44.3 Å². The Labute approximate surface area is 159 Å². The van der Waals surface area contributed by atoms with Crippen LogP contribution in [0.5, 0.6) is 5.75 Å². The lowest BCUT2D eigenvalue weighted by Crippen LogP contribution is -2.36. The third-order valence-electron chi connectivity index (χ3n) is 4.35. The molecule has 0 aliphatic carbocycles. The number of hydrogen-bond donors (Lipinski definition) is 0. The number of Topliss-reactive ketones (excluding diaryl/α,β-unsaturated/α-hetero) is 1. The van der Waals surface area contributed by atoms with Gasteiger partial charge in [-0.2, -0.15) is 0 Å². The molecule has 6 nitrogen and oxygen atoms in total. The Bertz CT molecular complexity index is 761. The molecule has 0 spiro atoms. The summed E-state index contributed by atoms with van der Waals surface area (Å²) in [5.41, 5.74) is 1.55. The molecule has 1 aromatic carbocycles. The van der Waals surface area contributed by atoms with Crippen LogP contribution in [0.15, 0.2) is 41.2 Å². The second-order valence-corrected chi connectivity index (χ2v) is 7.13. The van der Waals surface area contributed by atoms with Crippen molar-refractivity contribution in [2.45, 2.75) is 39.2 Å². The fourth-order valence-electron chi connectivity index (χ4n) is 3.21. The third kappa shape index (κ3) is 5.76. The molecule has 27 heavy (non-hydrogen) atoms. The van der Waals surface area contributed by atoms with E-state index in [4.69, 9.17) is 9.47 Å². The number of carbonyl (C=O) groups excluding carboxylic acids is 2. The van der Waals surface area contributed by atoms with Gasteiger partial charge in [0.15, 0.2) is 5.78 Å². The Morgan fingerprint density at radius 1 is 1.26 bits per heavy atom. The monoisotopic (exact) mass is 370 g/mol. The quantitative estimate of drug-likeness (QED) is 0.738. The van der Waals surface area contributed by atoms with Crippen LogP contribution < -0.4 is 4.74 Å².